The summed E-state index contributed by atoms with van der Waals surface area (Å²) < 4.78 is 11.0. The zero-order valence-corrected chi connectivity index (χ0v) is 15.5. The van der Waals surface area contributed by atoms with E-state index < -0.39 is 17.6 Å². The number of hydrogen-bond donors (Lipinski definition) is 1. The van der Waals surface area contributed by atoms with Crippen molar-refractivity contribution in [3.05, 3.63) is 54.6 Å². The van der Waals surface area contributed by atoms with Crippen LogP contribution in [0.4, 0.5) is 10.5 Å². The number of nitrogens with one attached hydrogen (secondary N) is 1. The van der Waals surface area contributed by atoms with Gasteiger partial charge in [0.05, 0.1) is 5.69 Å². The highest BCUT2D eigenvalue weighted by Crippen LogP contribution is 2.29. The molecule has 2 amide bonds. The maximum absolute atomic E-state index is 12.4. The molecule has 2 aromatic rings. The van der Waals surface area contributed by atoms with E-state index in [1.54, 1.807) is 39.0 Å². The summed E-state index contributed by atoms with van der Waals surface area (Å²) in [5.74, 6) is 0.706. The summed E-state index contributed by atoms with van der Waals surface area (Å²) in [6.07, 6.45) is 0. The molecule has 2 rings (SSSR count). The predicted molar refractivity (Wildman–Crippen MR) is 100 cm³/mol. The quantitative estimate of drug-likeness (QED) is 0.812. The highest BCUT2D eigenvalue weighted by molar-refractivity contribution is 5.92. The molecule has 0 unspecified atom stereocenters. The number of anilines is 1. The molecular weight excluding hydrogens is 332 g/mol. The van der Waals surface area contributed by atoms with Gasteiger partial charge in [0.2, 0.25) is 0 Å². The Balaban J connectivity index is 2.01. The summed E-state index contributed by atoms with van der Waals surface area (Å²) in [7, 11) is 1.53. The number of amides is 2. The van der Waals surface area contributed by atoms with Crippen LogP contribution in [-0.2, 0) is 9.53 Å². The van der Waals surface area contributed by atoms with Gasteiger partial charge in [0, 0.05) is 7.05 Å². The lowest BCUT2D eigenvalue weighted by Gasteiger charge is -2.23. The number of rotatable bonds is 5. The van der Waals surface area contributed by atoms with Crippen LogP contribution < -0.4 is 10.1 Å². The van der Waals surface area contributed by atoms with E-state index in [0.717, 1.165) is 0 Å². The molecule has 2 aromatic carbocycles. The second-order valence-corrected chi connectivity index (χ2v) is 6.78. The Kier molecular flexibility index (Phi) is 6.22. The predicted octanol–water partition coefficient (Wildman–Crippen LogP) is 4.28. The fraction of sp³-hybridized carbons (Fsp3) is 0.300. The molecule has 0 saturated heterocycles. The van der Waals surface area contributed by atoms with E-state index in [1.165, 1.54) is 11.9 Å². The minimum Gasteiger partial charge on any atom is -0.459 e. The Morgan fingerprint density at radius 1 is 1.00 bits per heavy atom. The fourth-order valence-corrected chi connectivity index (χ4v) is 2.12. The van der Waals surface area contributed by atoms with Crippen molar-refractivity contribution in [2.75, 3.05) is 18.9 Å². The molecule has 0 aromatic heterocycles. The highest BCUT2D eigenvalue weighted by atomic mass is 16.6. The van der Waals surface area contributed by atoms with Crippen molar-refractivity contribution in [2.45, 2.75) is 26.4 Å². The van der Waals surface area contributed by atoms with Crippen molar-refractivity contribution in [2.24, 2.45) is 0 Å². The molecule has 0 fully saturated rings. The molecule has 0 radical (unpaired) electrons. The van der Waals surface area contributed by atoms with Crippen molar-refractivity contribution in [3.8, 4) is 11.5 Å². The monoisotopic (exact) mass is 356 g/mol. The third kappa shape index (κ3) is 6.12. The lowest BCUT2D eigenvalue weighted by atomic mass is 10.2. The Morgan fingerprint density at radius 3 is 2.27 bits per heavy atom. The average molecular weight is 356 g/mol. The lowest BCUT2D eigenvalue weighted by molar-refractivity contribution is -0.155. The van der Waals surface area contributed by atoms with Gasteiger partial charge in [-0.1, -0.05) is 30.3 Å². The summed E-state index contributed by atoms with van der Waals surface area (Å²) in [6, 6.07) is 16.0. The van der Waals surface area contributed by atoms with Crippen LogP contribution in [0.3, 0.4) is 0 Å². The number of ether oxygens (including phenoxy) is 2. The molecule has 6 heteroatoms. The number of para-hydroxylation sites is 3. The van der Waals surface area contributed by atoms with Crippen LogP contribution in [0.2, 0.25) is 0 Å². The number of hydrogen-bond acceptors (Lipinski definition) is 4. The van der Waals surface area contributed by atoms with E-state index in [9.17, 15) is 9.59 Å². The van der Waals surface area contributed by atoms with E-state index in [4.69, 9.17) is 9.47 Å². The van der Waals surface area contributed by atoms with Gasteiger partial charge in [0.1, 0.15) is 17.9 Å². The number of benzene rings is 2. The molecule has 138 valence electrons. The number of urea groups is 1. The summed E-state index contributed by atoms with van der Waals surface area (Å²) >= 11 is 0. The van der Waals surface area contributed by atoms with Gasteiger partial charge in [-0.05, 0) is 45.0 Å². The highest BCUT2D eigenvalue weighted by Gasteiger charge is 2.20. The van der Waals surface area contributed by atoms with Crippen LogP contribution in [0.25, 0.3) is 0 Å². The Hall–Kier alpha value is -3.02. The van der Waals surface area contributed by atoms with Crippen molar-refractivity contribution in [3.63, 3.8) is 0 Å². The maximum atomic E-state index is 12.4. The van der Waals surface area contributed by atoms with Gasteiger partial charge in [-0.25, -0.2) is 4.79 Å². The number of likely N-dealkylation sites (N-methyl/N-ethyl adjacent to an activating group) is 1. The topological polar surface area (TPSA) is 67.9 Å². The molecule has 0 spiro atoms. The minimum atomic E-state index is -0.593. The van der Waals surface area contributed by atoms with Crippen LogP contribution in [0, 0.1) is 0 Å². The van der Waals surface area contributed by atoms with Crippen LogP contribution in [0.15, 0.2) is 54.6 Å². The molecule has 0 bridgehead atoms. The first-order valence-corrected chi connectivity index (χ1v) is 8.30. The second kappa shape index (κ2) is 8.38. The number of carbonyl (C=O) groups excluding carboxylic acids is 2. The molecule has 0 saturated carbocycles. The summed E-state index contributed by atoms with van der Waals surface area (Å²) in [5, 5.41) is 2.75. The van der Waals surface area contributed by atoms with Crippen LogP contribution >= 0.6 is 0 Å². The largest absolute Gasteiger partial charge is 0.459 e. The summed E-state index contributed by atoms with van der Waals surface area (Å²) in [6.45, 7) is 5.19. The first-order valence-electron chi connectivity index (χ1n) is 8.30. The molecule has 0 aliphatic heterocycles. The zero-order valence-electron chi connectivity index (χ0n) is 15.5. The maximum Gasteiger partial charge on any atom is 0.326 e. The molecular formula is C20H24N2O4. The first kappa shape index (κ1) is 19.3. The van der Waals surface area contributed by atoms with Gasteiger partial charge in [-0.15, -0.1) is 0 Å². The normalized spacial score (nSPS) is 10.8. The summed E-state index contributed by atoms with van der Waals surface area (Å²) in [4.78, 5) is 25.5. The van der Waals surface area contributed by atoms with Crippen LogP contribution in [0.1, 0.15) is 20.8 Å². The van der Waals surface area contributed by atoms with Crippen LogP contribution in [0.5, 0.6) is 11.5 Å². The first-order chi connectivity index (χ1) is 12.2. The molecule has 0 aliphatic carbocycles. The molecule has 0 aliphatic rings. The average Bonchev–Trinajstić information content (AvgIpc) is 2.55. The standard InChI is InChI=1S/C20H24N2O4/c1-20(2,3)26-18(23)14-22(4)19(24)21-16-12-8-9-13-17(16)25-15-10-6-5-7-11-15/h5-13H,14H2,1-4H3,(H,21,24). The Bertz CT molecular complexity index is 754. The van der Waals surface area contributed by atoms with E-state index >= 15 is 0 Å². The van der Waals surface area contributed by atoms with Crippen LogP contribution in [-0.4, -0.2) is 36.1 Å². The lowest BCUT2D eigenvalue weighted by Crippen LogP contribution is -2.38. The molecule has 6 nitrogen and oxygen atoms in total. The van der Waals surface area contributed by atoms with E-state index in [1.807, 2.05) is 36.4 Å². The zero-order chi connectivity index (χ0) is 19.2. The molecule has 0 atom stereocenters. The Labute approximate surface area is 153 Å². The van der Waals surface area contributed by atoms with Gasteiger partial charge >= 0.3 is 12.0 Å². The third-order valence-electron chi connectivity index (χ3n) is 3.23. The Morgan fingerprint density at radius 2 is 1.62 bits per heavy atom. The van der Waals surface area contributed by atoms with Crippen molar-refractivity contribution < 1.29 is 19.1 Å². The fourth-order valence-electron chi connectivity index (χ4n) is 2.12. The van der Waals surface area contributed by atoms with E-state index in [-0.39, 0.29) is 6.54 Å². The van der Waals surface area contributed by atoms with Crippen molar-refractivity contribution in [1.29, 1.82) is 0 Å². The molecule has 26 heavy (non-hydrogen) atoms. The number of carbonyl (C=O) groups is 2. The van der Waals surface area contributed by atoms with Crippen molar-refractivity contribution in [1.82, 2.24) is 4.90 Å². The van der Waals surface area contributed by atoms with Crippen molar-refractivity contribution >= 4 is 17.7 Å². The van der Waals surface area contributed by atoms with Gasteiger partial charge in [0.25, 0.3) is 0 Å². The SMILES string of the molecule is CN(CC(=O)OC(C)(C)C)C(=O)Nc1ccccc1Oc1ccccc1. The van der Waals surface area contributed by atoms with E-state index in [2.05, 4.69) is 5.32 Å². The van der Waals surface area contributed by atoms with Gasteiger partial charge in [-0.2, -0.15) is 0 Å². The van der Waals surface area contributed by atoms with Gasteiger partial charge in [0.15, 0.2) is 5.75 Å². The second-order valence-electron chi connectivity index (χ2n) is 6.78. The van der Waals surface area contributed by atoms with E-state index in [0.29, 0.717) is 17.2 Å². The third-order valence-corrected chi connectivity index (χ3v) is 3.23. The smallest absolute Gasteiger partial charge is 0.326 e. The van der Waals surface area contributed by atoms with Gasteiger partial charge in [-0.3, -0.25) is 4.79 Å². The number of nitrogens with zero attached hydrogens (tertiary/aromatic N) is 1. The minimum absolute atomic E-state index is 0.148. The number of esters is 1. The molecule has 0 heterocycles. The summed E-state index contributed by atoms with van der Waals surface area (Å²) in [5.41, 5.74) is -0.0813. The van der Waals surface area contributed by atoms with Gasteiger partial charge < -0.3 is 19.7 Å². The molecule has 1 N–H and O–H groups in total.